The van der Waals surface area contributed by atoms with E-state index in [0.29, 0.717) is 12.3 Å². The molecule has 1 atom stereocenters. The topological polar surface area (TPSA) is 43.2 Å². The largest absolute Gasteiger partial charge is 0.496 e. The molecule has 2 heterocycles. The molecule has 0 amide bonds. The second-order valence-electron chi connectivity index (χ2n) is 6.60. The quantitative estimate of drug-likeness (QED) is 0.783. The van der Waals surface area contributed by atoms with Gasteiger partial charge in [-0.1, -0.05) is 25.1 Å². The normalized spacial score (nSPS) is 16.5. The van der Waals surface area contributed by atoms with Gasteiger partial charge in [-0.05, 0) is 38.9 Å². The summed E-state index contributed by atoms with van der Waals surface area (Å²) in [6.07, 6.45) is 3.36. The zero-order valence-electron chi connectivity index (χ0n) is 15.0. The van der Waals surface area contributed by atoms with Gasteiger partial charge in [-0.15, -0.1) is 0 Å². The van der Waals surface area contributed by atoms with Crippen molar-refractivity contribution in [3.63, 3.8) is 0 Å². The lowest BCUT2D eigenvalue weighted by Gasteiger charge is -2.19. The third kappa shape index (κ3) is 3.78. The molecular formula is C19H28N4O. The molecule has 1 saturated heterocycles. The first-order valence-corrected chi connectivity index (χ1v) is 8.99. The number of hydrogen-bond donors (Lipinski definition) is 0. The van der Waals surface area contributed by atoms with E-state index < -0.39 is 0 Å². The van der Waals surface area contributed by atoms with E-state index in [2.05, 4.69) is 29.5 Å². The van der Waals surface area contributed by atoms with Crippen molar-refractivity contribution in [1.29, 1.82) is 0 Å². The van der Waals surface area contributed by atoms with Crippen LogP contribution in [0, 0.1) is 0 Å². The van der Waals surface area contributed by atoms with Crippen LogP contribution in [0.15, 0.2) is 24.3 Å². The van der Waals surface area contributed by atoms with Crippen molar-refractivity contribution in [3.05, 3.63) is 41.5 Å². The highest BCUT2D eigenvalue weighted by molar-refractivity contribution is 5.35. The van der Waals surface area contributed by atoms with Crippen molar-refractivity contribution in [2.45, 2.75) is 45.6 Å². The first-order valence-electron chi connectivity index (χ1n) is 8.99. The molecule has 5 nitrogen and oxygen atoms in total. The van der Waals surface area contributed by atoms with Gasteiger partial charge in [0, 0.05) is 31.0 Å². The summed E-state index contributed by atoms with van der Waals surface area (Å²) in [5.41, 5.74) is 1.13. The fourth-order valence-electron chi connectivity index (χ4n) is 3.53. The van der Waals surface area contributed by atoms with E-state index >= 15 is 0 Å². The molecule has 0 bridgehead atoms. The Hall–Kier alpha value is -1.88. The van der Waals surface area contributed by atoms with Crippen molar-refractivity contribution in [1.82, 2.24) is 19.7 Å². The molecule has 5 heteroatoms. The van der Waals surface area contributed by atoms with Crippen LogP contribution in [0.5, 0.6) is 5.75 Å². The molecular weight excluding hydrogens is 300 g/mol. The third-order valence-corrected chi connectivity index (χ3v) is 4.76. The Bertz CT molecular complexity index is 661. The van der Waals surface area contributed by atoms with Gasteiger partial charge in [-0.3, -0.25) is 0 Å². The molecule has 130 valence electrons. The van der Waals surface area contributed by atoms with Crippen LogP contribution < -0.4 is 4.74 Å². The molecule has 0 saturated carbocycles. The van der Waals surface area contributed by atoms with Crippen molar-refractivity contribution < 1.29 is 4.74 Å². The van der Waals surface area contributed by atoms with Crippen LogP contribution in [0.3, 0.4) is 0 Å². The molecule has 1 aliphatic rings. The molecule has 1 aromatic carbocycles. The van der Waals surface area contributed by atoms with Crippen LogP contribution in [-0.4, -0.2) is 46.4 Å². The number of aromatic nitrogens is 3. The van der Waals surface area contributed by atoms with Crippen molar-refractivity contribution >= 4 is 0 Å². The Kier molecular flexibility index (Phi) is 5.51. The summed E-state index contributed by atoms with van der Waals surface area (Å²) >= 11 is 0. The van der Waals surface area contributed by atoms with Gasteiger partial charge in [-0.25, -0.2) is 9.67 Å². The summed E-state index contributed by atoms with van der Waals surface area (Å²) in [4.78, 5) is 7.40. The van der Waals surface area contributed by atoms with E-state index in [0.717, 1.165) is 36.1 Å². The fraction of sp³-hybridized carbons (Fsp3) is 0.579. The molecule has 0 N–H and O–H groups in total. The van der Waals surface area contributed by atoms with Gasteiger partial charge in [0.15, 0.2) is 5.82 Å². The molecule has 0 aliphatic carbocycles. The van der Waals surface area contributed by atoms with E-state index in [-0.39, 0.29) is 0 Å². The van der Waals surface area contributed by atoms with Crippen LogP contribution in [0.1, 0.15) is 49.8 Å². The lowest BCUT2D eigenvalue weighted by molar-refractivity contribution is 0.312. The standard InChI is InChI=1S/C19H28N4O/c1-4-23-19(15(2)14-22-11-7-8-12-22)20-18(21-23)13-16-9-5-6-10-17(16)24-3/h5-6,9-10,15H,4,7-8,11-14H2,1-3H3. The van der Waals surface area contributed by atoms with Gasteiger partial charge < -0.3 is 9.64 Å². The first kappa shape index (κ1) is 17.0. The van der Waals surface area contributed by atoms with Gasteiger partial charge in [0.2, 0.25) is 0 Å². The molecule has 1 aromatic heterocycles. The summed E-state index contributed by atoms with van der Waals surface area (Å²) < 4.78 is 7.51. The van der Waals surface area contributed by atoms with Crippen molar-refractivity contribution in [2.75, 3.05) is 26.7 Å². The van der Waals surface area contributed by atoms with E-state index in [1.54, 1.807) is 7.11 Å². The average Bonchev–Trinajstić information content (AvgIpc) is 3.24. The fourth-order valence-corrected chi connectivity index (χ4v) is 3.53. The summed E-state index contributed by atoms with van der Waals surface area (Å²) in [5, 5.41) is 4.73. The summed E-state index contributed by atoms with van der Waals surface area (Å²) in [6, 6.07) is 8.09. The lowest BCUT2D eigenvalue weighted by Crippen LogP contribution is -2.26. The minimum absolute atomic E-state index is 0.405. The minimum atomic E-state index is 0.405. The number of benzene rings is 1. The van der Waals surface area contributed by atoms with Crippen molar-refractivity contribution in [3.8, 4) is 5.75 Å². The number of para-hydroxylation sites is 1. The first-order chi connectivity index (χ1) is 11.7. The highest BCUT2D eigenvalue weighted by atomic mass is 16.5. The maximum Gasteiger partial charge on any atom is 0.155 e. The van der Waals surface area contributed by atoms with E-state index in [1.165, 1.54) is 25.9 Å². The maximum atomic E-state index is 5.45. The molecule has 1 aliphatic heterocycles. The van der Waals surface area contributed by atoms with Crippen molar-refractivity contribution in [2.24, 2.45) is 0 Å². The predicted octanol–water partition coefficient (Wildman–Crippen LogP) is 3.10. The van der Waals surface area contributed by atoms with Gasteiger partial charge in [0.05, 0.1) is 7.11 Å². The van der Waals surface area contributed by atoms with Gasteiger partial charge >= 0.3 is 0 Å². The number of rotatable bonds is 7. The molecule has 2 aromatic rings. The maximum absolute atomic E-state index is 5.45. The van der Waals surface area contributed by atoms with Gasteiger partial charge in [-0.2, -0.15) is 5.10 Å². The highest BCUT2D eigenvalue weighted by Crippen LogP contribution is 2.22. The SMILES string of the molecule is CCn1nc(Cc2ccccc2OC)nc1C(C)CN1CCCC1. The molecule has 0 radical (unpaired) electrons. The number of likely N-dealkylation sites (tertiary alicyclic amines) is 1. The Morgan fingerprint density at radius 1 is 1.21 bits per heavy atom. The summed E-state index contributed by atoms with van der Waals surface area (Å²) in [5.74, 6) is 3.29. The number of nitrogens with zero attached hydrogens (tertiary/aromatic N) is 4. The molecule has 0 spiro atoms. The number of methoxy groups -OCH3 is 1. The molecule has 3 rings (SSSR count). The lowest BCUT2D eigenvalue weighted by atomic mass is 10.1. The van der Waals surface area contributed by atoms with E-state index in [9.17, 15) is 0 Å². The van der Waals surface area contributed by atoms with E-state index in [1.807, 2.05) is 18.2 Å². The number of hydrogen-bond acceptors (Lipinski definition) is 4. The monoisotopic (exact) mass is 328 g/mol. The third-order valence-electron chi connectivity index (χ3n) is 4.76. The van der Waals surface area contributed by atoms with Gasteiger partial charge in [0.1, 0.15) is 11.6 Å². The second-order valence-corrected chi connectivity index (χ2v) is 6.60. The Labute approximate surface area is 144 Å². The molecule has 24 heavy (non-hydrogen) atoms. The van der Waals surface area contributed by atoms with Crippen LogP contribution >= 0.6 is 0 Å². The van der Waals surface area contributed by atoms with Crippen LogP contribution in [-0.2, 0) is 13.0 Å². The highest BCUT2D eigenvalue weighted by Gasteiger charge is 2.21. The second kappa shape index (κ2) is 7.79. The van der Waals surface area contributed by atoms with Gasteiger partial charge in [0.25, 0.3) is 0 Å². The minimum Gasteiger partial charge on any atom is -0.496 e. The predicted molar refractivity (Wildman–Crippen MR) is 95.6 cm³/mol. The van der Waals surface area contributed by atoms with Crippen LogP contribution in [0.2, 0.25) is 0 Å². The number of ether oxygens (including phenoxy) is 1. The Balaban J connectivity index is 1.76. The zero-order chi connectivity index (χ0) is 16.9. The van der Waals surface area contributed by atoms with E-state index in [4.69, 9.17) is 14.8 Å². The summed E-state index contributed by atoms with van der Waals surface area (Å²) in [6.45, 7) is 8.78. The average molecular weight is 328 g/mol. The van der Waals surface area contributed by atoms with Crippen LogP contribution in [0.25, 0.3) is 0 Å². The Morgan fingerprint density at radius 3 is 2.67 bits per heavy atom. The zero-order valence-corrected chi connectivity index (χ0v) is 15.0. The molecule has 1 fully saturated rings. The van der Waals surface area contributed by atoms with Crippen LogP contribution in [0.4, 0.5) is 0 Å². The smallest absolute Gasteiger partial charge is 0.155 e. The number of aryl methyl sites for hydroxylation is 1. The Morgan fingerprint density at radius 2 is 1.96 bits per heavy atom. The molecule has 1 unspecified atom stereocenters. The summed E-state index contributed by atoms with van der Waals surface area (Å²) in [7, 11) is 1.71.